The number of aromatic nitrogens is 2. The van der Waals surface area contributed by atoms with E-state index in [2.05, 4.69) is 15.1 Å². The molecule has 3 atom stereocenters. The highest BCUT2D eigenvalue weighted by molar-refractivity contribution is 5.10. The summed E-state index contributed by atoms with van der Waals surface area (Å²) in [5, 5.41) is 27.4. The Bertz CT molecular complexity index is 465. The van der Waals surface area contributed by atoms with Crippen LogP contribution in [0, 0.1) is 0 Å². The van der Waals surface area contributed by atoms with Crippen LogP contribution >= 0.6 is 0 Å². The summed E-state index contributed by atoms with van der Waals surface area (Å²) in [6, 6.07) is 0. The van der Waals surface area contributed by atoms with Gasteiger partial charge in [-0.2, -0.15) is 5.10 Å². The van der Waals surface area contributed by atoms with Gasteiger partial charge in [0.05, 0.1) is 12.3 Å². The summed E-state index contributed by atoms with van der Waals surface area (Å²) >= 11 is 0. The van der Waals surface area contributed by atoms with E-state index < -0.39 is 12.2 Å². The minimum atomic E-state index is -1.04. The van der Waals surface area contributed by atoms with E-state index in [0.29, 0.717) is 5.56 Å². The summed E-state index contributed by atoms with van der Waals surface area (Å²) in [5.41, 5.74) is 8.70. The van der Waals surface area contributed by atoms with Crippen molar-refractivity contribution in [3.63, 3.8) is 0 Å². The number of hydrogen-bond donors (Lipinski definition) is 2. The molecule has 2 heterocycles. The summed E-state index contributed by atoms with van der Waals surface area (Å²) in [6.07, 6.45) is 4.36. The topological polar surface area (TPSA) is 116 Å². The van der Waals surface area contributed by atoms with Crippen LogP contribution in [0.5, 0.6) is 0 Å². The van der Waals surface area contributed by atoms with E-state index >= 15 is 0 Å². The van der Waals surface area contributed by atoms with E-state index in [9.17, 15) is 10.2 Å². The van der Waals surface area contributed by atoms with Gasteiger partial charge in [0.15, 0.2) is 0 Å². The van der Waals surface area contributed by atoms with E-state index in [1.165, 1.54) is 6.20 Å². The van der Waals surface area contributed by atoms with Crippen LogP contribution in [0.3, 0.4) is 0 Å². The quantitative estimate of drug-likeness (QED) is 0.468. The lowest BCUT2D eigenvalue weighted by Gasteiger charge is -2.22. The van der Waals surface area contributed by atoms with Gasteiger partial charge >= 0.3 is 0 Å². The van der Waals surface area contributed by atoms with Crippen LogP contribution in [0.25, 0.3) is 10.4 Å². The first-order chi connectivity index (χ1) is 9.72. The van der Waals surface area contributed by atoms with Crippen LogP contribution < -0.4 is 0 Å². The number of aliphatic hydroxyl groups excluding tert-OH is 2. The van der Waals surface area contributed by atoms with E-state index in [1.807, 2.05) is 0 Å². The van der Waals surface area contributed by atoms with Crippen LogP contribution in [0.1, 0.15) is 43.6 Å². The Morgan fingerprint density at radius 2 is 2.40 bits per heavy atom. The molecule has 1 aliphatic heterocycles. The third-order valence-electron chi connectivity index (χ3n) is 3.37. The first kappa shape index (κ1) is 14.8. The van der Waals surface area contributed by atoms with Crippen molar-refractivity contribution in [3.05, 3.63) is 28.4 Å². The first-order valence-corrected chi connectivity index (χ1v) is 6.75. The predicted octanol–water partition coefficient (Wildman–Crippen LogP) is 1.68. The third-order valence-corrected chi connectivity index (χ3v) is 3.37. The smallest absolute Gasteiger partial charge is 0.150 e. The fourth-order valence-electron chi connectivity index (χ4n) is 2.21. The Morgan fingerprint density at radius 3 is 3.10 bits per heavy atom. The summed E-state index contributed by atoms with van der Waals surface area (Å²) in [5.74, 6) is 0. The molecule has 2 unspecified atom stereocenters. The molecule has 8 nitrogen and oxygen atoms in total. The maximum Gasteiger partial charge on any atom is 0.150 e. The Labute approximate surface area is 116 Å². The van der Waals surface area contributed by atoms with Crippen LogP contribution in [0.2, 0.25) is 0 Å². The summed E-state index contributed by atoms with van der Waals surface area (Å²) < 4.78 is 7.28. The van der Waals surface area contributed by atoms with Gasteiger partial charge in [0.25, 0.3) is 0 Å². The van der Waals surface area contributed by atoms with Gasteiger partial charge in [0.1, 0.15) is 12.3 Å². The average Bonchev–Trinajstić information content (AvgIpc) is 2.97. The summed E-state index contributed by atoms with van der Waals surface area (Å²) in [6.45, 7) is 0.867. The van der Waals surface area contributed by atoms with Crippen LogP contribution in [0.4, 0.5) is 0 Å². The molecule has 2 N–H and O–H groups in total. The second-order valence-electron chi connectivity index (χ2n) is 4.83. The zero-order valence-corrected chi connectivity index (χ0v) is 11.2. The van der Waals surface area contributed by atoms with Crippen LogP contribution in [-0.4, -0.2) is 39.2 Å². The van der Waals surface area contributed by atoms with Gasteiger partial charge in [-0.05, 0) is 31.2 Å². The van der Waals surface area contributed by atoms with Gasteiger partial charge in [0.2, 0.25) is 0 Å². The molecule has 0 radical (unpaired) electrons. The molecule has 1 saturated heterocycles. The van der Waals surface area contributed by atoms with E-state index in [-0.39, 0.29) is 19.2 Å². The van der Waals surface area contributed by atoms with Crippen LogP contribution in [0.15, 0.2) is 17.5 Å². The van der Waals surface area contributed by atoms with Crippen molar-refractivity contribution in [2.24, 2.45) is 5.11 Å². The van der Waals surface area contributed by atoms with Gasteiger partial charge < -0.3 is 14.9 Å². The highest BCUT2D eigenvalue weighted by atomic mass is 16.5. The van der Waals surface area contributed by atoms with Gasteiger partial charge in [0, 0.05) is 29.8 Å². The van der Waals surface area contributed by atoms with Gasteiger partial charge in [-0.1, -0.05) is 5.11 Å². The summed E-state index contributed by atoms with van der Waals surface area (Å²) in [4.78, 5) is 2.60. The molecule has 1 aromatic heterocycles. The first-order valence-electron chi connectivity index (χ1n) is 6.75. The Kier molecular flexibility index (Phi) is 5.37. The molecule has 1 aliphatic rings. The number of nitrogens with zero attached hydrogens (tertiary/aromatic N) is 5. The lowest BCUT2D eigenvalue weighted by atomic mass is 10.1. The van der Waals surface area contributed by atoms with E-state index in [4.69, 9.17) is 10.3 Å². The predicted molar refractivity (Wildman–Crippen MR) is 70.7 cm³/mol. The highest BCUT2D eigenvalue weighted by Crippen LogP contribution is 2.24. The molecular formula is C12H19N5O3. The molecule has 0 amide bonds. The molecule has 2 rings (SSSR count). The molecule has 0 aromatic carbocycles. The Balaban J connectivity index is 1.94. The Morgan fingerprint density at radius 1 is 1.55 bits per heavy atom. The van der Waals surface area contributed by atoms with Crippen molar-refractivity contribution in [2.45, 2.75) is 44.1 Å². The number of rotatable bonds is 6. The minimum Gasteiger partial charge on any atom is -0.390 e. The molecule has 0 aliphatic carbocycles. The molecule has 0 spiro atoms. The molecular weight excluding hydrogens is 262 g/mol. The van der Waals surface area contributed by atoms with Crippen molar-refractivity contribution < 1.29 is 14.9 Å². The molecule has 1 aromatic rings. The molecule has 0 saturated carbocycles. The monoisotopic (exact) mass is 281 g/mol. The number of hydrogen-bond acceptors (Lipinski definition) is 5. The summed E-state index contributed by atoms with van der Waals surface area (Å²) in [7, 11) is 0. The largest absolute Gasteiger partial charge is 0.390 e. The third kappa shape index (κ3) is 3.71. The van der Waals surface area contributed by atoms with Gasteiger partial charge in [-0.25, -0.2) is 4.68 Å². The van der Waals surface area contributed by atoms with E-state index in [0.717, 1.165) is 25.9 Å². The van der Waals surface area contributed by atoms with Crippen molar-refractivity contribution in [3.8, 4) is 0 Å². The fourth-order valence-corrected chi connectivity index (χ4v) is 2.21. The fraction of sp³-hybridized carbons (Fsp3) is 0.750. The van der Waals surface area contributed by atoms with Crippen LogP contribution in [-0.2, 0) is 4.74 Å². The maximum absolute atomic E-state index is 10.0. The highest BCUT2D eigenvalue weighted by Gasteiger charge is 2.22. The number of azide groups is 1. The van der Waals surface area contributed by atoms with Gasteiger partial charge in [-0.15, -0.1) is 0 Å². The minimum absolute atomic E-state index is 0.0926. The van der Waals surface area contributed by atoms with Gasteiger partial charge in [-0.3, -0.25) is 0 Å². The zero-order chi connectivity index (χ0) is 14.4. The second kappa shape index (κ2) is 7.25. The molecule has 0 bridgehead atoms. The molecule has 8 heteroatoms. The van der Waals surface area contributed by atoms with Crippen molar-refractivity contribution >= 4 is 0 Å². The average molecular weight is 281 g/mol. The van der Waals surface area contributed by atoms with Crippen molar-refractivity contribution in [2.75, 3.05) is 13.2 Å². The lowest BCUT2D eigenvalue weighted by molar-refractivity contribution is -0.0398. The molecule has 110 valence electrons. The number of ether oxygens (including phenoxy) is 1. The van der Waals surface area contributed by atoms with Crippen molar-refractivity contribution in [1.82, 2.24) is 9.78 Å². The SMILES string of the molecule is [N-]=[N+]=NCCC(O)C(O)c1cnn([C@@H]2CCCCO2)c1. The van der Waals surface area contributed by atoms with Crippen molar-refractivity contribution in [1.29, 1.82) is 0 Å². The van der Waals surface area contributed by atoms with E-state index in [1.54, 1.807) is 10.9 Å². The maximum atomic E-state index is 10.0. The lowest BCUT2D eigenvalue weighted by Crippen LogP contribution is -2.20. The Hall–Kier alpha value is -1.60. The normalized spacial score (nSPS) is 22.0. The number of aliphatic hydroxyl groups is 2. The molecule has 20 heavy (non-hydrogen) atoms. The zero-order valence-electron chi connectivity index (χ0n) is 11.2. The standard InChI is InChI=1S/C12H19N5O3/c13-16-14-5-4-10(18)12(19)9-7-15-17(8-9)11-3-1-2-6-20-11/h7-8,10-12,18-19H,1-6H2/t10?,11-,12?/m0/s1. The molecule has 1 fully saturated rings. The second-order valence-corrected chi connectivity index (χ2v) is 4.83.